The number of aromatic carboxylic acids is 1. The van der Waals surface area contributed by atoms with Crippen LogP contribution in [-0.4, -0.2) is 20.6 Å². The van der Waals surface area contributed by atoms with Crippen molar-refractivity contribution in [2.24, 2.45) is 0 Å². The highest BCUT2D eigenvalue weighted by atomic mass is 16.6. The zero-order chi connectivity index (χ0) is 14.2. The number of rotatable bonds is 4. The molecule has 0 unspecified atom stereocenters. The number of aryl methyl sites for hydroxylation is 2. The standard InChI is InChI=1S/C13H14N2O4/c1-3-9-10-7-8(15(18)19)5-6-11(10)14(4-2)12(9)13(16)17/h5-7H,3-4H2,1-2H3,(H,16,17). The molecule has 0 saturated heterocycles. The first-order valence-electron chi connectivity index (χ1n) is 6.04. The minimum atomic E-state index is -1.00. The molecule has 6 nitrogen and oxygen atoms in total. The monoisotopic (exact) mass is 262 g/mol. The topological polar surface area (TPSA) is 85.4 Å². The molecule has 0 aliphatic rings. The number of hydrogen-bond donors (Lipinski definition) is 1. The number of nitro groups is 1. The Hall–Kier alpha value is -2.37. The van der Waals surface area contributed by atoms with Gasteiger partial charge in [-0.05, 0) is 25.0 Å². The van der Waals surface area contributed by atoms with Crippen LogP contribution < -0.4 is 0 Å². The van der Waals surface area contributed by atoms with Crippen LogP contribution in [-0.2, 0) is 13.0 Å². The molecule has 6 heteroatoms. The maximum atomic E-state index is 11.4. The smallest absolute Gasteiger partial charge is 0.352 e. The molecule has 100 valence electrons. The first-order valence-corrected chi connectivity index (χ1v) is 6.04. The van der Waals surface area contributed by atoms with Crippen molar-refractivity contribution in [2.75, 3.05) is 0 Å². The average molecular weight is 262 g/mol. The fourth-order valence-electron chi connectivity index (χ4n) is 2.46. The molecule has 0 saturated carbocycles. The lowest BCUT2D eigenvalue weighted by molar-refractivity contribution is -0.384. The molecule has 0 spiro atoms. The molecule has 0 amide bonds. The summed E-state index contributed by atoms with van der Waals surface area (Å²) in [6.45, 7) is 4.21. The second kappa shape index (κ2) is 4.72. The molecule has 1 aromatic carbocycles. The van der Waals surface area contributed by atoms with Gasteiger partial charge in [0.25, 0.3) is 5.69 Å². The van der Waals surface area contributed by atoms with Gasteiger partial charge in [0, 0.05) is 29.6 Å². The van der Waals surface area contributed by atoms with Gasteiger partial charge < -0.3 is 9.67 Å². The second-order valence-electron chi connectivity index (χ2n) is 4.19. The van der Waals surface area contributed by atoms with Gasteiger partial charge in [0.2, 0.25) is 0 Å². The summed E-state index contributed by atoms with van der Waals surface area (Å²) >= 11 is 0. The van der Waals surface area contributed by atoms with Crippen LogP contribution in [0.25, 0.3) is 10.9 Å². The van der Waals surface area contributed by atoms with Crippen molar-refractivity contribution in [1.82, 2.24) is 4.57 Å². The third-order valence-electron chi connectivity index (χ3n) is 3.23. The fraction of sp³-hybridized carbons (Fsp3) is 0.308. The van der Waals surface area contributed by atoms with E-state index in [1.807, 2.05) is 13.8 Å². The van der Waals surface area contributed by atoms with Crippen LogP contribution in [0.2, 0.25) is 0 Å². The van der Waals surface area contributed by atoms with E-state index >= 15 is 0 Å². The highest BCUT2D eigenvalue weighted by Crippen LogP contribution is 2.30. The van der Waals surface area contributed by atoms with Crippen molar-refractivity contribution in [3.05, 3.63) is 39.6 Å². The molecule has 0 aliphatic carbocycles. The molecule has 1 heterocycles. The minimum Gasteiger partial charge on any atom is -0.477 e. The maximum Gasteiger partial charge on any atom is 0.352 e. The third-order valence-corrected chi connectivity index (χ3v) is 3.23. The summed E-state index contributed by atoms with van der Waals surface area (Å²) < 4.78 is 1.68. The van der Waals surface area contributed by atoms with Crippen LogP contribution in [0.1, 0.15) is 29.9 Å². The lowest BCUT2D eigenvalue weighted by Gasteiger charge is -2.04. The van der Waals surface area contributed by atoms with E-state index in [1.165, 1.54) is 12.1 Å². The lowest BCUT2D eigenvalue weighted by atomic mass is 10.1. The van der Waals surface area contributed by atoms with Crippen molar-refractivity contribution in [1.29, 1.82) is 0 Å². The molecule has 0 aliphatic heterocycles. The molecular formula is C13H14N2O4. The quantitative estimate of drug-likeness (QED) is 0.678. The van der Waals surface area contributed by atoms with E-state index in [9.17, 15) is 20.0 Å². The Kier molecular flexibility index (Phi) is 3.25. The lowest BCUT2D eigenvalue weighted by Crippen LogP contribution is -2.09. The van der Waals surface area contributed by atoms with E-state index in [4.69, 9.17) is 0 Å². The van der Waals surface area contributed by atoms with Gasteiger partial charge >= 0.3 is 5.97 Å². The van der Waals surface area contributed by atoms with Gasteiger partial charge in [-0.15, -0.1) is 0 Å². The summed E-state index contributed by atoms with van der Waals surface area (Å²) in [5.74, 6) is -1.00. The average Bonchev–Trinajstić information content (AvgIpc) is 2.71. The molecule has 0 bridgehead atoms. The molecule has 0 atom stereocenters. The van der Waals surface area contributed by atoms with Gasteiger partial charge in [0.15, 0.2) is 0 Å². The van der Waals surface area contributed by atoms with E-state index in [1.54, 1.807) is 10.6 Å². The molecular weight excluding hydrogens is 248 g/mol. The summed E-state index contributed by atoms with van der Waals surface area (Å²) in [6, 6.07) is 4.47. The first kappa shape index (κ1) is 13.1. The predicted molar refractivity (Wildman–Crippen MR) is 70.6 cm³/mol. The van der Waals surface area contributed by atoms with Crippen molar-refractivity contribution in [2.45, 2.75) is 26.8 Å². The van der Waals surface area contributed by atoms with Gasteiger partial charge in [0.05, 0.1) is 4.92 Å². The number of nitrogens with zero attached hydrogens (tertiary/aromatic N) is 2. The summed E-state index contributed by atoms with van der Waals surface area (Å²) in [5, 5.41) is 20.8. The second-order valence-corrected chi connectivity index (χ2v) is 4.19. The van der Waals surface area contributed by atoms with E-state index in [2.05, 4.69) is 0 Å². The molecule has 2 aromatic rings. The van der Waals surface area contributed by atoms with Crippen LogP contribution in [0.15, 0.2) is 18.2 Å². The number of carboxylic acid groups (broad SMARTS) is 1. The van der Waals surface area contributed by atoms with E-state index in [0.717, 1.165) is 5.52 Å². The van der Waals surface area contributed by atoms with Gasteiger partial charge in [-0.25, -0.2) is 4.79 Å². The zero-order valence-corrected chi connectivity index (χ0v) is 10.7. The molecule has 0 radical (unpaired) electrons. The Balaban J connectivity index is 2.88. The van der Waals surface area contributed by atoms with Gasteiger partial charge in [0.1, 0.15) is 5.69 Å². The molecule has 19 heavy (non-hydrogen) atoms. The van der Waals surface area contributed by atoms with Crippen molar-refractivity contribution < 1.29 is 14.8 Å². The highest BCUT2D eigenvalue weighted by Gasteiger charge is 2.22. The number of fused-ring (bicyclic) bond motifs is 1. The molecule has 1 aromatic heterocycles. The maximum absolute atomic E-state index is 11.4. The number of hydrogen-bond acceptors (Lipinski definition) is 3. The Morgan fingerprint density at radius 2 is 2.11 bits per heavy atom. The van der Waals surface area contributed by atoms with Crippen molar-refractivity contribution in [3.63, 3.8) is 0 Å². The van der Waals surface area contributed by atoms with E-state index in [-0.39, 0.29) is 11.4 Å². The molecule has 1 N–H and O–H groups in total. The Morgan fingerprint density at radius 3 is 2.58 bits per heavy atom. The van der Waals surface area contributed by atoms with Crippen LogP contribution in [0, 0.1) is 10.1 Å². The number of aromatic nitrogens is 1. The van der Waals surface area contributed by atoms with Crippen LogP contribution in [0.4, 0.5) is 5.69 Å². The summed E-state index contributed by atoms with van der Waals surface area (Å²) in [5.41, 5.74) is 1.57. The summed E-state index contributed by atoms with van der Waals surface area (Å²) in [6.07, 6.45) is 0.520. The van der Waals surface area contributed by atoms with E-state index < -0.39 is 10.9 Å². The number of benzene rings is 1. The molecule has 2 rings (SSSR count). The number of nitro benzene ring substituents is 1. The highest BCUT2D eigenvalue weighted by molar-refractivity contribution is 5.99. The van der Waals surface area contributed by atoms with Crippen molar-refractivity contribution in [3.8, 4) is 0 Å². The third kappa shape index (κ3) is 1.95. The minimum absolute atomic E-state index is 0.0209. The normalized spacial score (nSPS) is 10.8. The van der Waals surface area contributed by atoms with Crippen molar-refractivity contribution >= 4 is 22.6 Å². The fourth-order valence-corrected chi connectivity index (χ4v) is 2.46. The number of carbonyl (C=O) groups is 1. The SMILES string of the molecule is CCc1c(C(=O)O)n(CC)c2ccc([N+](=O)[O-])cc12. The summed E-state index contributed by atoms with van der Waals surface area (Å²) in [4.78, 5) is 21.7. The largest absolute Gasteiger partial charge is 0.477 e. The van der Waals surface area contributed by atoms with Gasteiger partial charge in [-0.3, -0.25) is 10.1 Å². The van der Waals surface area contributed by atoms with Crippen LogP contribution in [0.5, 0.6) is 0 Å². The van der Waals surface area contributed by atoms with E-state index in [0.29, 0.717) is 23.9 Å². The summed E-state index contributed by atoms with van der Waals surface area (Å²) in [7, 11) is 0. The van der Waals surface area contributed by atoms with Crippen LogP contribution in [0.3, 0.4) is 0 Å². The Bertz CT molecular complexity index is 673. The Morgan fingerprint density at radius 1 is 1.42 bits per heavy atom. The zero-order valence-electron chi connectivity index (χ0n) is 10.7. The number of carboxylic acids is 1. The Labute approximate surface area is 109 Å². The van der Waals surface area contributed by atoms with Gasteiger partial charge in [-0.1, -0.05) is 6.92 Å². The van der Waals surface area contributed by atoms with Crippen LogP contribution >= 0.6 is 0 Å². The predicted octanol–water partition coefficient (Wildman–Crippen LogP) is 2.83. The first-order chi connectivity index (χ1) is 9.01. The number of non-ortho nitro benzene ring substituents is 1. The van der Waals surface area contributed by atoms with Gasteiger partial charge in [-0.2, -0.15) is 0 Å². The molecule has 0 fully saturated rings.